The van der Waals surface area contributed by atoms with E-state index in [2.05, 4.69) is 10.1 Å². The lowest BCUT2D eigenvalue weighted by Gasteiger charge is -2.31. The molecule has 28 heavy (non-hydrogen) atoms. The van der Waals surface area contributed by atoms with Gasteiger partial charge in [-0.15, -0.1) is 16.4 Å². The summed E-state index contributed by atoms with van der Waals surface area (Å²) in [6.07, 6.45) is 1.90. The van der Waals surface area contributed by atoms with Gasteiger partial charge in [0.05, 0.1) is 16.7 Å². The molecule has 4 rings (SSSR count). The Morgan fingerprint density at radius 3 is 2.86 bits per heavy atom. The summed E-state index contributed by atoms with van der Waals surface area (Å²) in [7, 11) is 0. The van der Waals surface area contributed by atoms with Crippen molar-refractivity contribution in [1.29, 1.82) is 0 Å². The summed E-state index contributed by atoms with van der Waals surface area (Å²) in [5.41, 5.74) is 0.655. The molecule has 2 aromatic heterocycles. The number of likely N-dealkylation sites (tertiary alicyclic amines) is 1. The van der Waals surface area contributed by atoms with E-state index in [-0.39, 0.29) is 23.7 Å². The second-order valence-corrected chi connectivity index (χ2v) is 7.54. The van der Waals surface area contributed by atoms with Gasteiger partial charge in [-0.3, -0.25) is 4.79 Å². The van der Waals surface area contributed by atoms with E-state index in [1.165, 1.54) is 23.5 Å². The number of aromatic nitrogens is 3. The van der Waals surface area contributed by atoms with Crippen LogP contribution < -0.4 is 0 Å². The summed E-state index contributed by atoms with van der Waals surface area (Å²) in [5.74, 6) is 0.185. The Balaban J connectivity index is 1.67. The van der Waals surface area contributed by atoms with Crippen molar-refractivity contribution >= 4 is 17.2 Å². The van der Waals surface area contributed by atoms with Gasteiger partial charge >= 0.3 is 0 Å². The first kappa shape index (κ1) is 18.8. The van der Waals surface area contributed by atoms with Gasteiger partial charge in [-0.1, -0.05) is 6.07 Å². The fourth-order valence-electron chi connectivity index (χ4n) is 3.37. The molecule has 146 valence electrons. The van der Waals surface area contributed by atoms with E-state index >= 15 is 0 Å². The molecular formula is C20H21FN4O2S. The molecular weight excluding hydrogens is 379 g/mol. The average Bonchev–Trinajstić information content (AvgIpc) is 3.38. The molecule has 0 radical (unpaired) electrons. The molecule has 1 amide bonds. The van der Waals surface area contributed by atoms with E-state index in [4.69, 9.17) is 4.74 Å². The average molecular weight is 400 g/mol. The molecule has 6 nitrogen and oxygen atoms in total. The van der Waals surface area contributed by atoms with Crippen molar-refractivity contribution in [3.05, 3.63) is 53.4 Å². The fraction of sp³-hybridized carbons (Fsp3) is 0.350. The van der Waals surface area contributed by atoms with Crippen LogP contribution in [0.2, 0.25) is 0 Å². The second-order valence-electron chi connectivity index (χ2n) is 6.60. The molecule has 8 heteroatoms. The number of piperidine rings is 1. The van der Waals surface area contributed by atoms with Crippen LogP contribution in [0.15, 0.2) is 41.8 Å². The van der Waals surface area contributed by atoms with Crippen molar-refractivity contribution in [3.63, 3.8) is 0 Å². The highest BCUT2D eigenvalue weighted by molar-refractivity contribution is 7.13. The third-order valence-electron chi connectivity index (χ3n) is 4.68. The van der Waals surface area contributed by atoms with Crippen LogP contribution in [0.4, 0.5) is 4.39 Å². The van der Waals surface area contributed by atoms with Gasteiger partial charge < -0.3 is 9.64 Å². The van der Waals surface area contributed by atoms with Gasteiger partial charge in [0.15, 0.2) is 5.82 Å². The molecule has 0 bridgehead atoms. The van der Waals surface area contributed by atoms with Crippen molar-refractivity contribution in [2.45, 2.75) is 25.9 Å². The third-order valence-corrected chi connectivity index (χ3v) is 5.54. The molecule has 0 saturated carbocycles. The maximum atomic E-state index is 13.3. The SMILES string of the molecule is CCOC1CCCN(C(=O)c2nc(-c3cccs3)n(-c3ccc(F)cc3)n2)C1. The molecule has 1 unspecified atom stereocenters. The van der Waals surface area contributed by atoms with E-state index in [1.807, 2.05) is 24.4 Å². The van der Waals surface area contributed by atoms with Gasteiger partial charge in [0.25, 0.3) is 5.91 Å². The molecule has 1 atom stereocenters. The second kappa shape index (κ2) is 8.20. The number of thiophene rings is 1. The quantitative estimate of drug-likeness (QED) is 0.654. The Morgan fingerprint density at radius 1 is 1.32 bits per heavy atom. The molecule has 3 aromatic rings. The molecule has 0 spiro atoms. The predicted octanol–water partition coefficient (Wildman–Crippen LogP) is 3.78. The minimum absolute atomic E-state index is 0.0543. The van der Waals surface area contributed by atoms with Crippen LogP contribution in [0, 0.1) is 5.82 Å². The number of hydrogen-bond acceptors (Lipinski definition) is 5. The summed E-state index contributed by atoms with van der Waals surface area (Å²) < 4.78 is 20.6. The zero-order chi connectivity index (χ0) is 19.5. The molecule has 1 saturated heterocycles. The smallest absolute Gasteiger partial charge is 0.293 e. The number of hydrogen-bond donors (Lipinski definition) is 0. The van der Waals surface area contributed by atoms with Gasteiger partial charge in [-0.25, -0.2) is 14.1 Å². The monoisotopic (exact) mass is 400 g/mol. The Hall–Kier alpha value is -2.58. The van der Waals surface area contributed by atoms with Crippen LogP contribution in [-0.2, 0) is 4.74 Å². The highest BCUT2D eigenvalue weighted by Gasteiger charge is 2.28. The minimum atomic E-state index is -0.326. The third kappa shape index (κ3) is 3.83. The maximum absolute atomic E-state index is 13.3. The molecule has 1 aromatic carbocycles. The van der Waals surface area contributed by atoms with E-state index < -0.39 is 0 Å². The van der Waals surface area contributed by atoms with Gasteiger partial charge in [0, 0.05) is 19.7 Å². The maximum Gasteiger partial charge on any atom is 0.293 e. The van der Waals surface area contributed by atoms with Gasteiger partial charge in [0.1, 0.15) is 5.82 Å². The van der Waals surface area contributed by atoms with Crippen LogP contribution in [0.1, 0.15) is 30.4 Å². The summed E-state index contributed by atoms with van der Waals surface area (Å²) in [5, 5.41) is 6.41. The first-order chi connectivity index (χ1) is 13.7. The highest BCUT2D eigenvalue weighted by atomic mass is 32.1. The summed E-state index contributed by atoms with van der Waals surface area (Å²) >= 11 is 1.51. The van der Waals surface area contributed by atoms with Gasteiger partial charge in [-0.05, 0) is 55.5 Å². The molecule has 3 heterocycles. The standard InChI is InChI=1S/C20H21FN4O2S/c1-2-27-16-5-3-11-24(13-16)20(26)18-22-19(17-6-4-12-28-17)25(23-18)15-9-7-14(21)8-10-15/h4,6-10,12,16H,2-3,5,11,13H2,1H3. The van der Waals surface area contributed by atoms with Gasteiger partial charge in [0.2, 0.25) is 5.82 Å². The lowest BCUT2D eigenvalue weighted by molar-refractivity contribution is 0.00681. The zero-order valence-corrected chi connectivity index (χ0v) is 16.4. The number of rotatable bonds is 5. The zero-order valence-electron chi connectivity index (χ0n) is 15.5. The van der Waals surface area contributed by atoms with Crippen LogP contribution in [0.5, 0.6) is 0 Å². The number of nitrogens with zero attached hydrogens (tertiary/aromatic N) is 4. The predicted molar refractivity (Wildman–Crippen MR) is 105 cm³/mol. The van der Waals surface area contributed by atoms with Crippen molar-refractivity contribution in [3.8, 4) is 16.4 Å². The molecule has 1 fully saturated rings. The van der Waals surface area contributed by atoms with Crippen molar-refractivity contribution < 1.29 is 13.9 Å². The van der Waals surface area contributed by atoms with Crippen LogP contribution >= 0.6 is 11.3 Å². The van der Waals surface area contributed by atoms with Gasteiger partial charge in [-0.2, -0.15) is 0 Å². The lowest BCUT2D eigenvalue weighted by Crippen LogP contribution is -2.43. The Labute approximate surface area is 166 Å². The van der Waals surface area contributed by atoms with Crippen molar-refractivity contribution in [1.82, 2.24) is 19.7 Å². The first-order valence-corrected chi connectivity index (χ1v) is 10.2. The Morgan fingerprint density at radius 2 is 2.14 bits per heavy atom. The van der Waals surface area contributed by atoms with Crippen LogP contribution in [0.3, 0.4) is 0 Å². The van der Waals surface area contributed by atoms with Crippen molar-refractivity contribution in [2.24, 2.45) is 0 Å². The fourth-order valence-corrected chi connectivity index (χ4v) is 4.06. The lowest BCUT2D eigenvalue weighted by atomic mass is 10.1. The summed E-state index contributed by atoms with van der Waals surface area (Å²) in [4.78, 5) is 20.2. The number of benzene rings is 1. The van der Waals surface area contributed by atoms with E-state index in [9.17, 15) is 9.18 Å². The number of carbonyl (C=O) groups excluding carboxylic acids is 1. The Kier molecular flexibility index (Phi) is 5.50. The normalized spacial score (nSPS) is 17.1. The number of ether oxygens (including phenoxy) is 1. The van der Waals surface area contributed by atoms with E-state index in [0.29, 0.717) is 31.2 Å². The Bertz CT molecular complexity index is 938. The molecule has 0 N–H and O–H groups in total. The van der Waals surface area contributed by atoms with Crippen molar-refractivity contribution in [2.75, 3.05) is 19.7 Å². The first-order valence-electron chi connectivity index (χ1n) is 9.33. The van der Waals surface area contributed by atoms with E-state index in [0.717, 1.165) is 17.7 Å². The molecule has 1 aliphatic rings. The summed E-state index contributed by atoms with van der Waals surface area (Å²) in [6.45, 7) is 3.81. The number of amides is 1. The van der Waals surface area contributed by atoms with Crippen LogP contribution in [-0.4, -0.2) is 51.4 Å². The summed E-state index contributed by atoms with van der Waals surface area (Å²) in [6, 6.07) is 9.84. The number of carbonyl (C=O) groups is 1. The molecule has 1 aliphatic heterocycles. The minimum Gasteiger partial charge on any atom is -0.377 e. The molecule has 0 aliphatic carbocycles. The van der Waals surface area contributed by atoms with Crippen LogP contribution in [0.25, 0.3) is 16.4 Å². The topological polar surface area (TPSA) is 60.2 Å². The largest absolute Gasteiger partial charge is 0.377 e. The number of halogens is 1. The van der Waals surface area contributed by atoms with E-state index in [1.54, 1.807) is 21.7 Å². The highest BCUT2D eigenvalue weighted by Crippen LogP contribution is 2.26.